The average Bonchev–Trinajstić information content (AvgIpc) is 3.28. The summed E-state index contributed by atoms with van der Waals surface area (Å²) < 4.78 is 31.5. The molecule has 1 aromatic rings. The van der Waals surface area contributed by atoms with Crippen LogP contribution in [0.15, 0.2) is 23.2 Å². The molecule has 1 aliphatic heterocycles. The van der Waals surface area contributed by atoms with Gasteiger partial charge in [-0.1, -0.05) is 12.1 Å². The SMILES string of the molecule is CN=C(NCCN1CCCS1(=O)=O)NCc1ccc(C)cc1OC1CCCC1.I. The van der Waals surface area contributed by atoms with Gasteiger partial charge < -0.3 is 15.4 Å². The quantitative estimate of drug-likeness (QED) is 0.318. The summed E-state index contributed by atoms with van der Waals surface area (Å²) in [4.78, 5) is 4.24. The van der Waals surface area contributed by atoms with Crippen LogP contribution in [0.3, 0.4) is 0 Å². The lowest BCUT2D eigenvalue weighted by Crippen LogP contribution is -2.41. The van der Waals surface area contributed by atoms with Gasteiger partial charge in [0.1, 0.15) is 5.75 Å². The number of halogens is 1. The minimum atomic E-state index is -3.05. The molecule has 2 fully saturated rings. The van der Waals surface area contributed by atoms with E-state index < -0.39 is 10.0 Å². The highest BCUT2D eigenvalue weighted by atomic mass is 127. The molecule has 3 rings (SSSR count). The second-order valence-corrected chi connectivity index (χ2v) is 9.65. The van der Waals surface area contributed by atoms with Crippen LogP contribution in [0.25, 0.3) is 0 Å². The summed E-state index contributed by atoms with van der Waals surface area (Å²) in [6.07, 6.45) is 5.78. The van der Waals surface area contributed by atoms with Gasteiger partial charge in [0.15, 0.2) is 5.96 Å². The van der Waals surface area contributed by atoms with Gasteiger partial charge in [-0.3, -0.25) is 4.99 Å². The van der Waals surface area contributed by atoms with Gasteiger partial charge in [-0.05, 0) is 50.7 Å². The van der Waals surface area contributed by atoms with E-state index in [9.17, 15) is 8.42 Å². The van der Waals surface area contributed by atoms with Gasteiger partial charge in [0.05, 0.1) is 11.9 Å². The van der Waals surface area contributed by atoms with Crippen LogP contribution in [0, 0.1) is 6.92 Å². The van der Waals surface area contributed by atoms with Crippen molar-refractivity contribution in [1.82, 2.24) is 14.9 Å². The average molecular weight is 536 g/mol. The van der Waals surface area contributed by atoms with Crippen molar-refractivity contribution in [2.75, 3.05) is 32.4 Å². The fourth-order valence-corrected chi connectivity index (χ4v) is 5.27. The van der Waals surface area contributed by atoms with Gasteiger partial charge in [0.25, 0.3) is 0 Å². The van der Waals surface area contributed by atoms with E-state index in [1.807, 2.05) is 0 Å². The molecule has 9 heteroatoms. The summed E-state index contributed by atoms with van der Waals surface area (Å²) in [5.74, 6) is 1.86. The molecule has 1 aromatic carbocycles. The Morgan fingerprint density at radius 1 is 1.24 bits per heavy atom. The predicted octanol–water partition coefficient (Wildman–Crippen LogP) is 2.63. The Morgan fingerprint density at radius 3 is 2.66 bits per heavy atom. The number of nitrogens with zero attached hydrogens (tertiary/aromatic N) is 2. The highest BCUT2D eigenvalue weighted by Crippen LogP contribution is 2.27. The van der Waals surface area contributed by atoms with Crippen molar-refractivity contribution in [2.45, 2.75) is 51.7 Å². The number of rotatable bonds is 7. The topological polar surface area (TPSA) is 83.0 Å². The smallest absolute Gasteiger partial charge is 0.214 e. The fraction of sp³-hybridized carbons (Fsp3) is 0.650. The molecule has 7 nitrogen and oxygen atoms in total. The Kier molecular flexibility index (Phi) is 9.48. The summed E-state index contributed by atoms with van der Waals surface area (Å²) in [5.41, 5.74) is 2.29. The molecule has 164 valence electrons. The first kappa shape index (κ1) is 24.2. The van der Waals surface area contributed by atoms with Gasteiger partial charge in [0.2, 0.25) is 10.0 Å². The second-order valence-electron chi connectivity index (χ2n) is 7.56. The standard InChI is InChI=1S/C20H32N4O3S.HI/c1-16-8-9-17(19(14-16)27-18-6-3-4-7-18)15-23-20(21-2)22-10-12-24-11-5-13-28(24,25)26;/h8-9,14,18H,3-7,10-13,15H2,1-2H3,(H2,21,22,23);1H. The molecule has 1 saturated heterocycles. The van der Waals surface area contributed by atoms with E-state index >= 15 is 0 Å². The highest BCUT2D eigenvalue weighted by molar-refractivity contribution is 14.0. The minimum absolute atomic E-state index is 0. The van der Waals surface area contributed by atoms with E-state index in [0.717, 1.165) is 24.2 Å². The van der Waals surface area contributed by atoms with E-state index in [0.29, 0.717) is 44.7 Å². The Labute approximate surface area is 191 Å². The van der Waals surface area contributed by atoms with E-state index in [2.05, 4.69) is 40.7 Å². The summed E-state index contributed by atoms with van der Waals surface area (Å²) in [7, 11) is -1.34. The number of benzene rings is 1. The summed E-state index contributed by atoms with van der Waals surface area (Å²) in [6.45, 7) is 4.28. The second kappa shape index (κ2) is 11.4. The monoisotopic (exact) mass is 536 g/mol. The molecule has 29 heavy (non-hydrogen) atoms. The molecule has 1 heterocycles. The number of guanidine groups is 1. The molecule has 1 saturated carbocycles. The van der Waals surface area contributed by atoms with Crippen molar-refractivity contribution in [3.8, 4) is 5.75 Å². The Morgan fingerprint density at radius 2 is 2.00 bits per heavy atom. The molecule has 1 aliphatic carbocycles. The Hall–Kier alpha value is -1.07. The lowest BCUT2D eigenvalue weighted by molar-refractivity contribution is 0.207. The predicted molar refractivity (Wildman–Crippen MR) is 128 cm³/mol. The zero-order valence-corrected chi connectivity index (χ0v) is 20.5. The van der Waals surface area contributed by atoms with E-state index in [-0.39, 0.29) is 29.7 Å². The van der Waals surface area contributed by atoms with Crippen molar-refractivity contribution >= 4 is 40.0 Å². The summed E-state index contributed by atoms with van der Waals surface area (Å²) in [6, 6.07) is 6.29. The van der Waals surface area contributed by atoms with Crippen LogP contribution in [0.5, 0.6) is 5.75 Å². The molecule has 0 radical (unpaired) electrons. The van der Waals surface area contributed by atoms with Crippen LogP contribution >= 0.6 is 24.0 Å². The van der Waals surface area contributed by atoms with Crippen molar-refractivity contribution in [3.63, 3.8) is 0 Å². The molecule has 2 N–H and O–H groups in total. The van der Waals surface area contributed by atoms with E-state index in [1.165, 1.54) is 18.4 Å². The zero-order chi connectivity index (χ0) is 20.0. The highest BCUT2D eigenvalue weighted by Gasteiger charge is 2.27. The number of aryl methyl sites for hydroxylation is 1. The third-order valence-corrected chi connectivity index (χ3v) is 7.30. The van der Waals surface area contributed by atoms with Gasteiger partial charge in [-0.2, -0.15) is 0 Å². The van der Waals surface area contributed by atoms with Crippen molar-refractivity contribution in [1.29, 1.82) is 0 Å². The van der Waals surface area contributed by atoms with E-state index in [1.54, 1.807) is 11.4 Å². The maximum atomic E-state index is 11.9. The van der Waals surface area contributed by atoms with Gasteiger partial charge in [0, 0.05) is 38.8 Å². The molecule has 0 aromatic heterocycles. The van der Waals surface area contributed by atoms with Crippen LogP contribution in [-0.2, 0) is 16.6 Å². The third kappa shape index (κ3) is 6.99. The van der Waals surface area contributed by atoms with E-state index in [4.69, 9.17) is 4.74 Å². The molecule has 0 bridgehead atoms. The van der Waals surface area contributed by atoms with Crippen LogP contribution < -0.4 is 15.4 Å². The summed E-state index contributed by atoms with van der Waals surface area (Å²) >= 11 is 0. The van der Waals surface area contributed by atoms with Gasteiger partial charge >= 0.3 is 0 Å². The van der Waals surface area contributed by atoms with Gasteiger partial charge in [-0.15, -0.1) is 24.0 Å². The lowest BCUT2D eigenvalue weighted by Gasteiger charge is -2.19. The van der Waals surface area contributed by atoms with Crippen molar-refractivity contribution < 1.29 is 13.2 Å². The Bertz CT molecular complexity index is 795. The third-order valence-electron chi connectivity index (χ3n) is 5.35. The normalized spacial score (nSPS) is 19.7. The van der Waals surface area contributed by atoms with Crippen molar-refractivity contribution in [2.24, 2.45) is 4.99 Å². The number of hydrogen-bond donors (Lipinski definition) is 2. The molecule has 0 atom stereocenters. The molecule has 2 aliphatic rings. The lowest BCUT2D eigenvalue weighted by atomic mass is 10.1. The maximum absolute atomic E-state index is 11.9. The van der Waals surface area contributed by atoms with Crippen LogP contribution in [0.1, 0.15) is 43.2 Å². The van der Waals surface area contributed by atoms with Crippen molar-refractivity contribution in [3.05, 3.63) is 29.3 Å². The summed E-state index contributed by atoms with van der Waals surface area (Å²) in [5, 5.41) is 6.51. The first-order valence-corrected chi connectivity index (χ1v) is 11.8. The Balaban J connectivity index is 0.00000300. The number of sulfonamides is 1. The zero-order valence-electron chi connectivity index (χ0n) is 17.3. The number of ether oxygens (including phenoxy) is 1. The van der Waals surface area contributed by atoms with Crippen LogP contribution in [-0.4, -0.2) is 57.2 Å². The largest absolute Gasteiger partial charge is 0.490 e. The first-order chi connectivity index (χ1) is 13.5. The number of hydrogen-bond acceptors (Lipinski definition) is 4. The fourth-order valence-electron chi connectivity index (χ4n) is 3.74. The number of aliphatic imine (C=N–C) groups is 1. The number of nitrogens with one attached hydrogen (secondary N) is 2. The van der Waals surface area contributed by atoms with Crippen LogP contribution in [0.4, 0.5) is 0 Å². The van der Waals surface area contributed by atoms with Crippen LogP contribution in [0.2, 0.25) is 0 Å². The molecular formula is C20H33IN4O3S. The molecule has 0 amide bonds. The minimum Gasteiger partial charge on any atom is -0.490 e. The first-order valence-electron chi connectivity index (χ1n) is 10.2. The molecule has 0 unspecified atom stereocenters. The molecular weight excluding hydrogens is 503 g/mol. The molecule has 0 spiro atoms. The van der Waals surface area contributed by atoms with Gasteiger partial charge in [-0.25, -0.2) is 12.7 Å². The maximum Gasteiger partial charge on any atom is 0.214 e.